The number of anilines is 1. The van der Waals surface area contributed by atoms with E-state index in [-0.39, 0.29) is 77.9 Å². The van der Waals surface area contributed by atoms with Crippen molar-refractivity contribution in [1.82, 2.24) is 25.6 Å². The van der Waals surface area contributed by atoms with Crippen LogP contribution in [0.3, 0.4) is 0 Å². The van der Waals surface area contributed by atoms with Crippen LogP contribution in [0.4, 0.5) is 15.3 Å². The van der Waals surface area contributed by atoms with Gasteiger partial charge in [-0.25, -0.2) is 24.4 Å². The Balaban J connectivity index is 0.758. The number of nitrogens with one attached hydrogen (secondary N) is 2. The standard InChI is InChI=1S/C68H86ClN7O18/c1-40-16-15-21-55(86-10)68(85)34-54(92-65(83)72-68)42(3)62-67(5,94-62)56(33-59(79)75(8)53-30-44(28-40)29-41(2)61(53)69)93-64(82)43(4)74(7)58(78)22-24-87-26-27-88-25-23-71-63(81)45(31-57(70)77)32-60(80)90-38-47-37-89-36-46(47)35-73(6)76(9)66(84)91-39-52-50-19-13-11-17-48(50)49-18-12-14-20-51(49)52/h11-21,29-30,36-37,42-43,45,52,54-56,62,85H,22-28,31-35,38-39H2,1-10H3,(H2,70,77)(H,71,81)(H,72,83)/b21-15+,40-16+/t42-,43+,45-,54+,55-,56+,62?,67+,68-/m1/s1. The lowest BCUT2D eigenvalue weighted by molar-refractivity contribution is -0.162. The number of benzene rings is 3. The van der Waals surface area contributed by atoms with Crippen LogP contribution in [-0.2, 0) is 86.2 Å². The van der Waals surface area contributed by atoms with Gasteiger partial charge < -0.3 is 68.3 Å². The number of likely N-dealkylation sites (N-methyl/N-ethyl adjacent to an activating group) is 1. The van der Waals surface area contributed by atoms with E-state index in [4.69, 9.17) is 59.6 Å². The number of carbonyl (C=O) groups excluding carboxylic acids is 8. The highest BCUT2D eigenvalue weighted by atomic mass is 35.5. The van der Waals surface area contributed by atoms with Gasteiger partial charge in [0.2, 0.25) is 23.6 Å². The minimum atomic E-state index is -1.88. The van der Waals surface area contributed by atoms with Crippen LogP contribution in [0.1, 0.15) is 99.1 Å². The van der Waals surface area contributed by atoms with Crippen LogP contribution in [0.5, 0.6) is 0 Å². The Morgan fingerprint density at radius 2 is 1.60 bits per heavy atom. The molecule has 5 N–H and O–H groups in total. The maximum atomic E-state index is 14.4. The van der Waals surface area contributed by atoms with Gasteiger partial charge in [0, 0.05) is 84.2 Å². The lowest BCUT2D eigenvalue weighted by atomic mass is 9.83. The second-order valence-electron chi connectivity index (χ2n) is 24.6. The molecule has 2 saturated heterocycles. The highest BCUT2D eigenvalue weighted by Gasteiger charge is 2.64. The van der Waals surface area contributed by atoms with Gasteiger partial charge in [0.05, 0.1) is 80.9 Å². The summed E-state index contributed by atoms with van der Waals surface area (Å²) in [6.07, 6.45) is 1.87. The van der Waals surface area contributed by atoms with Crippen molar-refractivity contribution in [3.8, 4) is 11.1 Å². The lowest BCUT2D eigenvalue weighted by Gasteiger charge is -2.42. The van der Waals surface area contributed by atoms with Crippen LogP contribution in [-0.4, -0.2) is 184 Å². The van der Waals surface area contributed by atoms with Crippen LogP contribution in [0.25, 0.3) is 11.1 Å². The Kier molecular flexibility index (Phi) is 24.3. The number of fused-ring (bicyclic) bond motifs is 8. The number of hydrogen-bond donors (Lipinski definition) is 4. The molecule has 1 aliphatic carbocycles. The Morgan fingerprint density at radius 3 is 2.28 bits per heavy atom. The zero-order valence-electron chi connectivity index (χ0n) is 54.8. The molecule has 1 unspecified atom stereocenters. The van der Waals surface area contributed by atoms with Crippen molar-refractivity contribution >= 4 is 65.0 Å². The number of carbonyl (C=O) groups is 8. The summed E-state index contributed by atoms with van der Waals surface area (Å²) in [4.78, 5) is 109. The number of nitrogens with zero attached hydrogens (tertiary/aromatic N) is 4. The van der Waals surface area contributed by atoms with Crippen LogP contribution >= 0.6 is 11.6 Å². The number of epoxide rings is 1. The Hall–Kier alpha value is -8.17. The van der Waals surface area contributed by atoms with E-state index in [2.05, 4.69) is 22.8 Å². The third-order valence-electron chi connectivity index (χ3n) is 17.9. The first-order chi connectivity index (χ1) is 44.7. The number of esters is 2. The molecule has 9 atom stereocenters. The molecular formula is C68H86ClN7O18. The average Bonchev–Trinajstić information content (AvgIpc) is 1.57. The minimum absolute atomic E-state index is 0.0123. The van der Waals surface area contributed by atoms with Gasteiger partial charge in [-0.1, -0.05) is 96.9 Å². The molecule has 4 bridgehead atoms. The van der Waals surface area contributed by atoms with Gasteiger partial charge in [-0.05, 0) is 73.6 Å². The number of hydrogen-bond acceptors (Lipinski definition) is 19. The molecule has 0 spiro atoms. The predicted octanol–water partition coefficient (Wildman–Crippen LogP) is 6.80. The fourth-order valence-corrected chi connectivity index (χ4v) is 12.3. The van der Waals surface area contributed by atoms with Crippen molar-refractivity contribution in [1.29, 1.82) is 0 Å². The van der Waals surface area contributed by atoms with Crippen molar-refractivity contribution in [2.24, 2.45) is 17.6 Å². The van der Waals surface area contributed by atoms with E-state index in [0.29, 0.717) is 28.3 Å². The molecule has 3 aliphatic heterocycles. The number of aryl methyl sites for hydroxylation is 1. The SMILES string of the molecule is CO[C@@H]1/C=C/C=C(\C)Cc2cc(C)c(Cl)c(c2)N(C)C(=O)C[C@H](OC(=O)[C@H](C)N(C)C(=O)CCOCCOCCNC(=O)[C@H](CC(N)=O)CC(=O)OCc2cocc2CN(C)N(C)C(=O)OCC2c3ccccc3-c3ccccc32)[C@]2(C)OC2[C@H](C)[C@@H]2C[C@]1(O)NC(=O)O2. The van der Waals surface area contributed by atoms with E-state index in [1.54, 1.807) is 52.2 Å². The van der Waals surface area contributed by atoms with Gasteiger partial charge in [0.1, 0.15) is 43.2 Å². The van der Waals surface area contributed by atoms with E-state index in [0.717, 1.165) is 39.0 Å². The molecule has 4 aromatic rings. The summed E-state index contributed by atoms with van der Waals surface area (Å²) in [5.74, 6) is -5.75. The smallest absolute Gasteiger partial charge is 0.424 e. The number of rotatable bonds is 25. The van der Waals surface area contributed by atoms with Gasteiger partial charge in [0.25, 0.3) is 0 Å². The van der Waals surface area contributed by atoms with E-state index in [1.807, 2.05) is 68.5 Å². The summed E-state index contributed by atoms with van der Waals surface area (Å²) in [6, 6.07) is 18.7. The van der Waals surface area contributed by atoms with Crippen molar-refractivity contribution < 1.29 is 85.8 Å². The third-order valence-corrected chi connectivity index (χ3v) is 18.4. The fourth-order valence-electron chi connectivity index (χ4n) is 12.0. The number of aliphatic hydroxyl groups is 1. The van der Waals surface area contributed by atoms with Crippen LogP contribution < -0.4 is 21.3 Å². The number of furan rings is 1. The number of allylic oxidation sites excluding steroid dienone is 3. The van der Waals surface area contributed by atoms with Crippen molar-refractivity contribution in [2.75, 3.05) is 79.8 Å². The molecule has 26 heteroatoms. The zero-order chi connectivity index (χ0) is 68.2. The number of hydrazine groups is 1. The number of nitrogens with two attached hydrogens (primary N) is 1. The Bertz CT molecular complexity index is 3440. The normalized spacial score (nSPS) is 23.4. The van der Waals surface area contributed by atoms with Crippen LogP contribution in [0, 0.1) is 18.8 Å². The number of halogens is 1. The molecule has 1 aromatic heterocycles. The molecule has 0 saturated carbocycles. The van der Waals surface area contributed by atoms with Crippen LogP contribution in [0.2, 0.25) is 5.02 Å². The molecule has 25 nitrogen and oxygen atoms in total. The maximum absolute atomic E-state index is 14.4. The van der Waals surface area contributed by atoms with Gasteiger partial charge in [-0.3, -0.25) is 29.3 Å². The Morgan fingerprint density at radius 1 is 0.926 bits per heavy atom. The number of primary amides is 1. The highest BCUT2D eigenvalue weighted by molar-refractivity contribution is 6.34. The summed E-state index contributed by atoms with van der Waals surface area (Å²) in [7, 11) is 7.71. The topological polar surface area (TPSA) is 310 Å². The van der Waals surface area contributed by atoms with E-state index < -0.39 is 114 Å². The van der Waals surface area contributed by atoms with Gasteiger partial charge in [-0.2, -0.15) is 0 Å². The van der Waals surface area contributed by atoms with Crippen LogP contribution in [0.15, 0.2) is 101 Å². The quantitative estimate of drug-likeness (QED) is 0.0174. The zero-order valence-corrected chi connectivity index (χ0v) is 55.6. The number of amides is 6. The van der Waals surface area contributed by atoms with E-state index in [9.17, 15) is 43.5 Å². The molecule has 0 radical (unpaired) electrons. The van der Waals surface area contributed by atoms with Crippen molar-refractivity contribution in [2.45, 2.75) is 134 Å². The average molecular weight is 1320 g/mol. The number of alkyl carbamates (subject to hydrolysis) is 1. The van der Waals surface area contributed by atoms with E-state index >= 15 is 0 Å². The summed E-state index contributed by atoms with van der Waals surface area (Å²) in [6.45, 7) is 8.97. The molecule has 3 aromatic carbocycles. The lowest BCUT2D eigenvalue weighted by Crippen LogP contribution is -2.63. The van der Waals surface area contributed by atoms with Gasteiger partial charge in [-0.15, -0.1) is 0 Å². The second-order valence-corrected chi connectivity index (χ2v) is 25.0. The summed E-state index contributed by atoms with van der Waals surface area (Å²) in [5.41, 5.74) is 10.8. The van der Waals surface area contributed by atoms with E-state index in [1.165, 1.54) is 48.4 Å². The predicted molar refractivity (Wildman–Crippen MR) is 343 cm³/mol. The fraction of sp³-hybridized carbons (Fsp3) is 0.500. The largest absolute Gasteiger partial charge is 0.472 e. The van der Waals surface area contributed by atoms with Gasteiger partial charge in [0.15, 0.2) is 5.72 Å². The molecule has 508 valence electrons. The van der Waals surface area contributed by atoms with Crippen molar-refractivity contribution in [3.63, 3.8) is 0 Å². The molecule has 6 amide bonds. The summed E-state index contributed by atoms with van der Waals surface area (Å²) < 4.78 is 51.8. The minimum Gasteiger partial charge on any atom is -0.472 e. The monoisotopic (exact) mass is 1320 g/mol. The first-order valence-electron chi connectivity index (χ1n) is 31.2. The Labute approximate surface area is 552 Å². The van der Waals surface area contributed by atoms with Gasteiger partial charge >= 0.3 is 24.1 Å². The number of ether oxygens (including phenoxy) is 8. The molecule has 8 rings (SSSR count). The van der Waals surface area contributed by atoms with Crippen molar-refractivity contribution in [3.05, 3.63) is 135 Å². The molecule has 2 fully saturated rings. The molecule has 4 aliphatic rings. The first kappa shape index (κ1) is 71.7. The third kappa shape index (κ3) is 17.6. The molecule has 4 heterocycles. The molecule has 94 heavy (non-hydrogen) atoms. The maximum Gasteiger partial charge on any atom is 0.424 e. The number of methoxy groups -OCH3 is 1. The molecular weight excluding hydrogens is 1240 g/mol. The summed E-state index contributed by atoms with van der Waals surface area (Å²) >= 11 is 6.84. The highest BCUT2D eigenvalue weighted by Crippen LogP contribution is 2.50. The first-order valence-corrected chi connectivity index (χ1v) is 31.6. The summed E-state index contributed by atoms with van der Waals surface area (Å²) in [5, 5.41) is 20.4. The second kappa shape index (κ2) is 31.8.